The van der Waals surface area contributed by atoms with E-state index in [0.29, 0.717) is 22.7 Å². The minimum absolute atomic E-state index is 0.380. The lowest BCUT2D eigenvalue weighted by Gasteiger charge is -2.34. The highest BCUT2D eigenvalue weighted by molar-refractivity contribution is 5.86. The Morgan fingerprint density at radius 2 is 0.703 bits per heavy atom. The standard InChI is InChI=1S/C25H20N2.C6H10N4/c26-19-13-9-17(10-14-19)25(18-11-15-20(27)16-12-18)23-7-3-1-5-21(23)22-6-2-4-8-24(22)25;7-3-1-4(8)6(10)2-5(3)9/h1-16H,26-27H2;1-2H,7-10H2. The number of benzene rings is 5. The lowest BCUT2D eigenvalue weighted by Crippen LogP contribution is -2.28. The molecule has 1 aliphatic rings. The van der Waals surface area contributed by atoms with Crippen LogP contribution in [0.5, 0.6) is 0 Å². The SMILES string of the molecule is Nc1cc(N)c(N)cc1N.Nc1ccc(C2(c3ccc(N)cc3)c3ccccc3-c3ccccc32)cc1. The van der Waals surface area contributed by atoms with Crippen LogP contribution in [0.25, 0.3) is 11.1 Å². The van der Waals surface area contributed by atoms with Gasteiger partial charge >= 0.3 is 0 Å². The summed E-state index contributed by atoms with van der Waals surface area (Å²) in [6.45, 7) is 0. The maximum absolute atomic E-state index is 6.00. The number of nitrogens with two attached hydrogens (primary N) is 6. The van der Waals surface area contributed by atoms with Crippen LogP contribution in [0.15, 0.2) is 109 Å². The van der Waals surface area contributed by atoms with E-state index in [-0.39, 0.29) is 5.41 Å². The van der Waals surface area contributed by atoms with Crippen LogP contribution in [0.2, 0.25) is 0 Å². The molecule has 0 saturated heterocycles. The largest absolute Gasteiger partial charge is 0.399 e. The Hall–Kier alpha value is -5.10. The minimum Gasteiger partial charge on any atom is -0.399 e. The second-order valence-electron chi connectivity index (χ2n) is 9.20. The first kappa shape index (κ1) is 23.6. The van der Waals surface area contributed by atoms with Crippen molar-refractivity contribution in [3.63, 3.8) is 0 Å². The van der Waals surface area contributed by atoms with Gasteiger partial charge in [-0.05, 0) is 69.8 Å². The summed E-state index contributed by atoms with van der Waals surface area (Å²) in [5, 5.41) is 0. The normalized spacial score (nSPS) is 12.6. The summed E-state index contributed by atoms with van der Waals surface area (Å²) < 4.78 is 0. The molecule has 1 aliphatic carbocycles. The van der Waals surface area contributed by atoms with Crippen molar-refractivity contribution in [1.29, 1.82) is 0 Å². The number of hydrogen-bond donors (Lipinski definition) is 6. The fourth-order valence-corrected chi connectivity index (χ4v) is 5.16. The van der Waals surface area contributed by atoms with Gasteiger partial charge < -0.3 is 34.4 Å². The van der Waals surface area contributed by atoms with Crippen LogP contribution < -0.4 is 34.4 Å². The van der Waals surface area contributed by atoms with Gasteiger partial charge in [-0.1, -0.05) is 72.8 Å². The molecule has 37 heavy (non-hydrogen) atoms. The van der Waals surface area contributed by atoms with Crippen molar-refractivity contribution in [2.75, 3.05) is 34.4 Å². The molecule has 0 aromatic heterocycles. The Morgan fingerprint density at radius 1 is 0.378 bits per heavy atom. The van der Waals surface area contributed by atoms with E-state index in [0.717, 1.165) is 11.4 Å². The zero-order valence-corrected chi connectivity index (χ0v) is 20.4. The first-order chi connectivity index (χ1) is 17.8. The molecule has 6 heteroatoms. The van der Waals surface area contributed by atoms with Crippen LogP contribution in [0.1, 0.15) is 22.3 Å². The molecule has 0 bridgehead atoms. The molecule has 0 aliphatic heterocycles. The van der Waals surface area contributed by atoms with Gasteiger partial charge in [0.05, 0.1) is 28.2 Å². The van der Waals surface area contributed by atoms with Gasteiger partial charge in [0.2, 0.25) is 0 Å². The Kier molecular flexibility index (Phi) is 5.85. The highest BCUT2D eigenvalue weighted by atomic mass is 14.7. The molecule has 0 saturated carbocycles. The Balaban J connectivity index is 0.000000237. The summed E-state index contributed by atoms with van der Waals surface area (Å²) >= 11 is 0. The fraction of sp³-hybridized carbons (Fsp3) is 0.0323. The summed E-state index contributed by atoms with van der Waals surface area (Å²) in [4.78, 5) is 0. The number of hydrogen-bond acceptors (Lipinski definition) is 6. The quantitative estimate of drug-likeness (QED) is 0.184. The van der Waals surface area contributed by atoms with Gasteiger partial charge in [-0.15, -0.1) is 0 Å². The predicted octanol–water partition coefficient (Wildman–Crippen LogP) is 5.23. The molecular formula is C31H30N6. The molecule has 0 unspecified atom stereocenters. The van der Waals surface area contributed by atoms with E-state index in [1.165, 1.54) is 33.4 Å². The van der Waals surface area contributed by atoms with E-state index in [2.05, 4.69) is 72.8 Å². The van der Waals surface area contributed by atoms with Gasteiger partial charge in [-0.25, -0.2) is 0 Å². The van der Waals surface area contributed by atoms with E-state index in [1.54, 1.807) is 12.1 Å². The van der Waals surface area contributed by atoms with Gasteiger partial charge in [-0.3, -0.25) is 0 Å². The molecule has 12 N–H and O–H groups in total. The summed E-state index contributed by atoms with van der Waals surface area (Å²) in [5.41, 5.74) is 44.3. The zero-order chi connectivity index (χ0) is 26.2. The Labute approximate surface area is 216 Å². The van der Waals surface area contributed by atoms with Crippen molar-refractivity contribution in [1.82, 2.24) is 0 Å². The topological polar surface area (TPSA) is 156 Å². The Bertz CT molecular complexity index is 1430. The monoisotopic (exact) mass is 486 g/mol. The molecule has 6 rings (SSSR count). The van der Waals surface area contributed by atoms with Crippen LogP contribution in [-0.2, 0) is 5.41 Å². The third-order valence-electron chi connectivity index (χ3n) is 6.93. The maximum atomic E-state index is 6.00. The molecule has 5 aromatic carbocycles. The van der Waals surface area contributed by atoms with Gasteiger partial charge in [0, 0.05) is 11.4 Å². The second-order valence-corrected chi connectivity index (χ2v) is 9.20. The third kappa shape index (κ3) is 3.94. The maximum Gasteiger partial charge on any atom is 0.0713 e. The number of anilines is 6. The van der Waals surface area contributed by atoms with Crippen molar-refractivity contribution in [2.45, 2.75) is 5.41 Å². The van der Waals surface area contributed by atoms with Crippen LogP contribution in [-0.4, -0.2) is 0 Å². The molecule has 0 spiro atoms. The second kappa shape index (κ2) is 9.17. The van der Waals surface area contributed by atoms with Crippen molar-refractivity contribution >= 4 is 34.1 Å². The van der Waals surface area contributed by atoms with Crippen molar-refractivity contribution < 1.29 is 0 Å². The molecule has 5 aromatic rings. The summed E-state index contributed by atoms with van der Waals surface area (Å²) in [6, 6.07) is 37.0. The molecule has 0 radical (unpaired) electrons. The van der Waals surface area contributed by atoms with Crippen LogP contribution in [0, 0.1) is 0 Å². The number of fused-ring (bicyclic) bond motifs is 3. The van der Waals surface area contributed by atoms with E-state index < -0.39 is 0 Å². The predicted molar refractivity (Wildman–Crippen MR) is 157 cm³/mol. The highest BCUT2D eigenvalue weighted by Gasteiger charge is 2.45. The van der Waals surface area contributed by atoms with Gasteiger partial charge in [0.15, 0.2) is 0 Å². The van der Waals surface area contributed by atoms with Crippen LogP contribution in [0.4, 0.5) is 34.1 Å². The number of rotatable bonds is 2. The van der Waals surface area contributed by atoms with Crippen molar-refractivity contribution in [3.05, 3.63) is 131 Å². The molecule has 0 amide bonds. The summed E-state index contributed by atoms with van der Waals surface area (Å²) in [7, 11) is 0. The third-order valence-corrected chi connectivity index (χ3v) is 6.93. The zero-order valence-electron chi connectivity index (χ0n) is 20.4. The van der Waals surface area contributed by atoms with Gasteiger partial charge in [0.25, 0.3) is 0 Å². The molecule has 0 fully saturated rings. The van der Waals surface area contributed by atoms with E-state index in [1.807, 2.05) is 24.3 Å². The molecule has 0 heterocycles. The lowest BCUT2D eigenvalue weighted by atomic mass is 9.67. The number of nitrogen functional groups attached to an aromatic ring is 6. The fourth-order valence-electron chi connectivity index (χ4n) is 5.16. The minimum atomic E-state index is -0.380. The van der Waals surface area contributed by atoms with E-state index in [4.69, 9.17) is 34.4 Å². The Morgan fingerprint density at radius 3 is 1.05 bits per heavy atom. The molecule has 6 nitrogen and oxygen atoms in total. The molecule has 0 atom stereocenters. The van der Waals surface area contributed by atoms with Crippen molar-refractivity contribution in [2.24, 2.45) is 0 Å². The lowest BCUT2D eigenvalue weighted by molar-refractivity contribution is 0.769. The average molecular weight is 487 g/mol. The van der Waals surface area contributed by atoms with Crippen molar-refractivity contribution in [3.8, 4) is 11.1 Å². The highest BCUT2D eigenvalue weighted by Crippen LogP contribution is 2.55. The van der Waals surface area contributed by atoms with Crippen LogP contribution >= 0.6 is 0 Å². The molecular weight excluding hydrogens is 456 g/mol. The smallest absolute Gasteiger partial charge is 0.0713 e. The van der Waals surface area contributed by atoms with Gasteiger partial charge in [-0.2, -0.15) is 0 Å². The van der Waals surface area contributed by atoms with Crippen LogP contribution in [0.3, 0.4) is 0 Å². The summed E-state index contributed by atoms with van der Waals surface area (Å²) in [5.74, 6) is 0. The molecule has 184 valence electrons. The van der Waals surface area contributed by atoms with E-state index >= 15 is 0 Å². The van der Waals surface area contributed by atoms with E-state index in [9.17, 15) is 0 Å². The first-order valence-corrected chi connectivity index (χ1v) is 11.9. The average Bonchev–Trinajstić information content (AvgIpc) is 3.20. The first-order valence-electron chi connectivity index (χ1n) is 11.9. The summed E-state index contributed by atoms with van der Waals surface area (Å²) in [6.07, 6.45) is 0. The van der Waals surface area contributed by atoms with Gasteiger partial charge in [0.1, 0.15) is 0 Å².